The van der Waals surface area contributed by atoms with E-state index >= 15 is 0 Å². The molecule has 3 N–H and O–H groups in total. The van der Waals surface area contributed by atoms with Gasteiger partial charge in [0.1, 0.15) is 5.82 Å². The second kappa shape index (κ2) is 5.23. The number of imidazole rings is 1. The van der Waals surface area contributed by atoms with Crippen molar-refractivity contribution in [3.05, 3.63) is 42.0 Å². The Morgan fingerprint density at radius 3 is 3.00 bits per heavy atom. The van der Waals surface area contributed by atoms with Crippen molar-refractivity contribution in [1.82, 2.24) is 9.55 Å². The summed E-state index contributed by atoms with van der Waals surface area (Å²) in [5.74, 6) is 1.01. The van der Waals surface area contributed by atoms with Gasteiger partial charge in [0, 0.05) is 32.4 Å². The highest BCUT2D eigenvalue weighted by Gasteiger charge is 2.02. The number of benzene rings is 1. The normalized spacial score (nSPS) is 10.0. The molecule has 0 radical (unpaired) electrons. The summed E-state index contributed by atoms with van der Waals surface area (Å²) in [5.41, 5.74) is 7.88. The summed E-state index contributed by atoms with van der Waals surface area (Å²) in [5, 5.41) is 12.1. The molecule has 0 saturated carbocycles. The monoisotopic (exact) mass is 241 g/mol. The standard InChI is InChI=1S/C13H15N5/c1-18-7-6-17-13(18)4-5-16-12-8-10(9-14)2-3-11(12)15/h2-3,6-8,16H,4-5,15H2,1H3. The molecule has 0 saturated heterocycles. The van der Waals surface area contributed by atoms with Crippen LogP contribution in [0.4, 0.5) is 11.4 Å². The highest BCUT2D eigenvalue weighted by molar-refractivity contribution is 5.68. The van der Waals surface area contributed by atoms with Crippen LogP contribution in [0.2, 0.25) is 0 Å². The summed E-state index contributed by atoms with van der Waals surface area (Å²) in [7, 11) is 1.97. The first-order chi connectivity index (χ1) is 8.70. The van der Waals surface area contributed by atoms with Gasteiger partial charge in [-0.1, -0.05) is 0 Å². The van der Waals surface area contributed by atoms with E-state index in [4.69, 9.17) is 11.0 Å². The smallest absolute Gasteiger partial charge is 0.110 e. The zero-order valence-corrected chi connectivity index (χ0v) is 10.2. The van der Waals surface area contributed by atoms with Gasteiger partial charge in [0.25, 0.3) is 0 Å². The lowest BCUT2D eigenvalue weighted by atomic mass is 10.2. The zero-order chi connectivity index (χ0) is 13.0. The van der Waals surface area contributed by atoms with Gasteiger partial charge in [-0.15, -0.1) is 0 Å². The Morgan fingerprint density at radius 1 is 1.50 bits per heavy atom. The van der Waals surface area contributed by atoms with E-state index in [0.29, 0.717) is 11.3 Å². The van der Waals surface area contributed by atoms with Crippen LogP contribution in [0.25, 0.3) is 0 Å². The van der Waals surface area contributed by atoms with Crippen LogP contribution in [0.5, 0.6) is 0 Å². The number of nitrogens with zero attached hydrogens (tertiary/aromatic N) is 3. The number of anilines is 2. The Balaban J connectivity index is 1.98. The van der Waals surface area contributed by atoms with Gasteiger partial charge in [0.2, 0.25) is 0 Å². The van der Waals surface area contributed by atoms with Crippen molar-refractivity contribution in [1.29, 1.82) is 5.26 Å². The van der Waals surface area contributed by atoms with Gasteiger partial charge in [0.05, 0.1) is 23.0 Å². The zero-order valence-electron chi connectivity index (χ0n) is 10.2. The number of nitrogen functional groups attached to an aromatic ring is 1. The molecule has 1 heterocycles. The molecule has 0 aliphatic rings. The Labute approximate surface area is 106 Å². The first-order valence-corrected chi connectivity index (χ1v) is 5.70. The largest absolute Gasteiger partial charge is 0.397 e. The molecule has 0 aliphatic carbocycles. The third-order valence-corrected chi connectivity index (χ3v) is 2.77. The van der Waals surface area contributed by atoms with Crippen molar-refractivity contribution < 1.29 is 0 Å². The lowest BCUT2D eigenvalue weighted by Gasteiger charge is -2.09. The molecule has 0 spiro atoms. The second-order valence-electron chi connectivity index (χ2n) is 4.04. The fourth-order valence-corrected chi connectivity index (χ4v) is 1.73. The molecule has 0 atom stereocenters. The topological polar surface area (TPSA) is 79.7 Å². The number of hydrogen-bond acceptors (Lipinski definition) is 4. The molecule has 2 aromatic rings. The van der Waals surface area contributed by atoms with Crippen molar-refractivity contribution in [3.63, 3.8) is 0 Å². The number of aromatic nitrogens is 2. The number of hydrogen-bond donors (Lipinski definition) is 2. The number of nitrogens with one attached hydrogen (secondary N) is 1. The Hall–Kier alpha value is -2.48. The van der Waals surface area contributed by atoms with E-state index < -0.39 is 0 Å². The molecule has 1 aromatic heterocycles. The van der Waals surface area contributed by atoms with E-state index in [1.807, 2.05) is 17.8 Å². The quantitative estimate of drug-likeness (QED) is 0.795. The number of rotatable bonds is 4. The van der Waals surface area contributed by atoms with Crippen molar-refractivity contribution in [2.45, 2.75) is 6.42 Å². The van der Waals surface area contributed by atoms with Crippen LogP contribution in [0.3, 0.4) is 0 Å². The highest BCUT2D eigenvalue weighted by atomic mass is 15.0. The fraction of sp³-hybridized carbons (Fsp3) is 0.231. The van der Waals surface area contributed by atoms with Crippen LogP contribution >= 0.6 is 0 Å². The van der Waals surface area contributed by atoms with Crippen molar-refractivity contribution >= 4 is 11.4 Å². The Bertz CT molecular complexity index is 579. The van der Waals surface area contributed by atoms with E-state index in [9.17, 15) is 0 Å². The predicted molar refractivity (Wildman–Crippen MR) is 71.0 cm³/mol. The van der Waals surface area contributed by atoms with Gasteiger partial charge in [-0.2, -0.15) is 5.26 Å². The van der Waals surface area contributed by atoms with Gasteiger partial charge in [-0.3, -0.25) is 0 Å². The summed E-state index contributed by atoms with van der Waals surface area (Å²) in [4.78, 5) is 4.24. The van der Waals surface area contributed by atoms with E-state index in [1.165, 1.54) is 0 Å². The molecule has 1 aromatic carbocycles. The third-order valence-electron chi connectivity index (χ3n) is 2.77. The molecular weight excluding hydrogens is 226 g/mol. The van der Waals surface area contributed by atoms with E-state index in [-0.39, 0.29) is 0 Å². The molecule has 92 valence electrons. The van der Waals surface area contributed by atoms with Crippen LogP contribution in [0.1, 0.15) is 11.4 Å². The van der Waals surface area contributed by atoms with E-state index in [1.54, 1.807) is 24.4 Å². The van der Waals surface area contributed by atoms with Crippen molar-refractivity contribution in [2.24, 2.45) is 7.05 Å². The molecule has 5 nitrogen and oxygen atoms in total. The lowest BCUT2D eigenvalue weighted by Crippen LogP contribution is -2.10. The fourth-order valence-electron chi connectivity index (χ4n) is 1.73. The van der Waals surface area contributed by atoms with Crippen LogP contribution < -0.4 is 11.1 Å². The average molecular weight is 241 g/mol. The average Bonchev–Trinajstić information content (AvgIpc) is 2.77. The highest BCUT2D eigenvalue weighted by Crippen LogP contribution is 2.19. The van der Waals surface area contributed by atoms with Crippen molar-refractivity contribution in [2.75, 3.05) is 17.6 Å². The Morgan fingerprint density at radius 2 is 2.33 bits per heavy atom. The molecule has 0 unspecified atom stereocenters. The predicted octanol–water partition coefficient (Wildman–Crippen LogP) is 1.53. The maximum absolute atomic E-state index is 8.83. The molecule has 0 aliphatic heterocycles. The van der Waals surface area contributed by atoms with Gasteiger partial charge >= 0.3 is 0 Å². The van der Waals surface area contributed by atoms with Crippen molar-refractivity contribution in [3.8, 4) is 6.07 Å². The minimum atomic E-state index is 0.601. The molecule has 0 fully saturated rings. The molecule has 5 heteroatoms. The lowest BCUT2D eigenvalue weighted by molar-refractivity contribution is 0.790. The SMILES string of the molecule is Cn1ccnc1CCNc1cc(C#N)ccc1N. The van der Waals surface area contributed by atoms with Gasteiger partial charge in [-0.05, 0) is 18.2 Å². The third kappa shape index (κ3) is 2.61. The number of nitrogens with two attached hydrogens (primary N) is 1. The summed E-state index contributed by atoms with van der Waals surface area (Å²) in [6.45, 7) is 0.726. The summed E-state index contributed by atoms with van der Waals surface area (Å²) < 4.78 is 1.98. The maximum Gasteiger partial charge on any atom is 0.110 e. The number of nitriles is 1. The molecule has 0 bridgehead atoms. The number of aryl methyl sites for hydroxylation is 1. The first kappa shape index (κ1) is 12.0. The van der Waals surface area contributed by atoms with Crippen LogP contribution in [-0.2, 0) is 13.5 Å². The summed E-state index contributed by atoms with van der Waals surface area (Å²) >= 11 is 0. The van der Waals surface area contributed by atoms with Gasteiger partial charge in [0.15, 0.2) is 0 Å². The Kier molecular flexibility index (Phi) is 3.49. The van der Waals surface area contributed by atoms with E-state index in [2.05, 4.69) is 16.4 Å². The van der Waals surface area contributed by atoms with Gasteiger partial charge in [-0.25, -0.2) is 4.98 Å². The summed E-state index contributed by atoms with van der Waals surface area (Å²) in [6.07, 6.45) is 4.50. The molecule has 18 heavy (non-hydrogen) atoms. The van der Waals surface area contributed by atoms with Crippen LogP contribution in [0, 0.1) is 11.3 Å². The van der Waals surface area contributed by atoms with E-state index in [0.717, 1.165) is 24.5 Å². The summed E-state index contributed by atoms with van der Waals surface area (Å²) in [6, 6.07) is 7.30. The minimum Gasteiger partial charge on any atom is -0.397 e. The molecule has 2 rings (SSSR count). The van der Waals surface area contributed by atoms with Crippen LogP contribution in [0.15, 0.2) is 30.6 Å². The second-order valence-corrected chi connectivity index (χ2v) is 4.04. The maximum atomic E-state index is 8.83. The van der Waals surface area contributed by atoms with Gasteiger partial charge < -0.3 is 15.6 Å². The molecular formula is C13H15N5. The first-order valence-electron chi connectivity index (χ1n) is 5.70. The van der Waals surface area contributed by atoms with Crippen LogP contribution in [-0.4, -0.2) is 16.1 Å². The molecule has 0 amide bonds. The minimum absolute atomic E-state index is 0.601.